The molecule has 0 unspecified atom stereocenters. The standard InChI is InChI=1S/C18H14N4O2S/c19-17(22-16(23)13-5-2-1-3-6-13)24-14-7-9-15(10-8-14)25-18-20-11-4-12-21-18/h1-12H,(H2,19,22,23). The Kier molecular flexibility index (Phi) is 5.38. The first-order chi connectivity index (χ1) is 12.2. The Balaban J connectivity index is 1.56. The average molecular weight is 350 g/mol. The highest BCUT2D eigenvalue weighted by Crippen LogP contribution is 2.25. The van der Waals surface area contributed by atoms with Gasteiger partial charge in [0.15, 0.2) is 5.16 Å². The number of benzene rings is 2. The molecule has 0 saturated heterocycles. The third kappa shape index (κ3) is 4.89. The van der Waals surface area contributed by atoms with Crippen LogP contribution in [0.5, 0.6) is 5.75 Å². The summed E-state index contributed by atoms with van der Waals surface area (Å²) in [5.74, 6) is 0.0655. The van der Waals surface area contributed by atoms with E-state index < -0.39 is 0 Å². The second kappa shape index (κ2) is 8.07. The minimum absolute atomic E-state index is 0.333. The second-order valence-electron chi connectivity index (χ2n) is 4.86. The van der Waals surface area contributed by atoms with Gasteiger partial charge in [0.1, 0.15) is 5.75 Å². The molecular weight excluding hydrogens is 336 g/mol. The van der Waals surface area contributed by atoms with Gasteiger partial charge in [0.25, 0.3) is 11.9 Å². The fourth-order valence-electron chi connectivity index (χ4n) is 1.93. The second-order valence-corrected chi connectivity index (χ2v) is 5.90. The van der Waals surface area contributed by atoms with E-state index in [1.165, 1.54) is 11.8 Å². The highest BCUT2D eigenvalue weighted by atomic mass is 32.2. The third-order valence-electron chi connectivity index (χ3n) is 3.06. The SMILES string of the molecule is N=C(NC(=O)c1ccccc1)Oc1ccc(Sc2ncccn2)cc1. The largest absolute Gasteiger partial charge is 0.426 e. The number of carbonyl (C=O) groups excluding carboxylic acids is 1. The van der Waals surface area contributed by atoms with E-state index in [9.17, 15) is 4.79 Å². The van der Waals surface area contributed by atoms with Gasteiger partial charge in [-0.05, 0) is 54.2 Å². The van der Waals surface area contributed by atoms with Gasteiger partial charge in [-0.1, -0.05) is 18.2 Å². The number of nitrogens with one attached hydrogen (secondary N) is 2. The van der Waals surface area contributed by atoms with Crippen LogP contribution in [0.15, 0.2) is 83.1 Å². The van der Waals surface area contributed by atoms with Crippen LogP contribution in [-0.2, 0) is 0 Å². The maximum atomic E-state index is 12.0. The van der Waals surface area contributed by atoms with Gasteiger partial charge in [-0.3, -0.25) is 15.5 Å². The van der Waals surface area contributed by atoms with E-state index in [1.54, 1.807) is 54.9 Å². The fourth-order valence-corrected chi connectivity index (χ4v) is 2.64. The van der Waals surface area contributed by atoms with E-state index in [0.717, 1.165) is 4.90 Å². The summed E-state index contributed by atoms with van der Waals surface area (Å²) >= 11 is 1.42. The van der Waals surface area contributed by atoms with Crippen LogP contribution in [0.3, 0.4) is 0 Å². The fraction of sp³-hybridized carbons (Fsp3) is 0. The normalized spacial score (nSPS) is 10.1. The molecule has 0 radical (unpaired) electrons. The van der Waals surface area contributed by atoms with Gasteiger partial charge < -0.3 is 4.74 Å². The number of hydrogen-bond donors (Lipinski definition) is 2. The lowest BCUT2D eigenvalue weighted by Gasteiger charge is -2.09. The lowest BCUT2D eigenvalue weighted by atomic mass is 10.2. The number of carbonyl (C=O) groups is 1. The van der Waals surface area contributed by atoms with E-state index in [4.69, 9.17) is 10.1 Å². The van der Waals surface area contributed by atoms with Crippen LogP contribution in [0.25, 0.3) is 0 Å². The van der Waals surface area contributed by atoms with E-state index in [0.29, 0.717) is 16.5 Å². The lowest BCUT2D eigenvalue weighted by molar-refractivity contribution is 0.0971. The van der Waals surface area contributed by atoms with Gasteiger partial charge in [0, 0.05) is 22.9 Å². The summed E-state index contributed by atoms with van der Waals surface area (Å²) in [5, 5.41) is 10.8. The Bertz CT molecular complexity index is 855. The van der Waals surface area contributed by atoms with Crippen LogP contribution < -0.4 is 10.1 Å². The van der Waals surface area contributed by atoms with Crippen molar-refractivity contribution < 1.29 is 9.53 Å². The quantitative estimate of drug-likeness (QED) is 0.428. The molecule has 0 saturated carbocycles. The molecule has 1 amide bonds. The predicted molar refractivity (Wildman–Crippen MR) is 94.9 cm³/mol. The molecule has 25 heavy (non-hydrogen) atoms. The van der Waals surface area contributed by atoms with Gasteiger partial charge in [-0.15, -0.1) is 0 Å². The highest BCUT2D eigenvalue weighted by molar-refractivity contribution is 7.99. The van der Waals surface area contributed by atoms with Gasteiger partial charge in [0.05, 0.1) is 0 Å². The zero-order valence-electron chi connectivity index (χ0n) is 13.0. The molecule has 0 aliphatic rings. The minimum Gasteiger partial charge on any atom is -0.426 e. The van der Waals surface area contributed by atoms with E-state index in [-0.39, 0.29) is 11.9 Å². The van der Waals surface area contributed by atoms with Crippen molar-refractivity contribution in [1.82, 2.24) is 15.3 Å². The number of amidine groups is 1. The highest BCUT2D eigenvalue weighted by Gasteiger charge is 2.09. The van der Waals surface area contributed by atoms with Crippen molar-refractivity contribution in [3.8, 4) is 5.75 Å². The van der Waals surface area contributed by atoms with E-state index in [1.807, 2.05) is 18.2 Å². The van der Waals surface area contributed by atoms with Gasteiger partial charge in [0.2, 0.25) is 0 Å². The summed E-state index contributed by atoms with van der Waals surface area (Å²) in [5.41, 5.74) is 0.463. The van der Waals surface area contributed by atoms with Crippen molar-refractivity contribution >= 4 is 23.7 Å². The van der Waals surface area contributed by atoms with E-state index in [2.05, 4.69) is 15.3 Å². The molecule has 6 nitrogen and oxygen atoms in total. The first-order valence-electron chi connectivity index (χ1n) is 7.38. The zero-order chi connectivity index (χ0) is 17.5. The molecule has 1 aromatic heterocycles. The van der Waals surface area contributed by atoms with Crippen molar-refractivity contribution in [2.24, 2.45) is 0 Å². The third-order valence-corrected chi connectivity index (χ3v) is 3.96. The summed E-state index contributed by atoms with van der Waals surface area (Å²) in [4.78, 5) is 21.2. The Morgan fingerprint density at radius 2 is 1.64 bits per heavy atom. The van der Waals surface area contributed by atoms with Crippen LogP contribution >= 0.6 is 11.8 Å². The number of hydrogen-bond acceptors (Lipinski definition) is 6. The Morgan fingerprint density at radius 3 is 2.32 bits per heavy atom. The molecule has 0 fully saturated rings. The Hall–Kier alpha value is -3.19. The number of ether oxygens (including phenoxy) is 1. The van der Waals surface area contributed by atoms with E-state index >= 15 is 0 Å². The molecule has 0 bridgehead atoms. The molecular formula is C18H14N4O2S. The Labute approximate surface area is 148 Å². The van der Waals surface area contributed by atoms with Crippen molar-refractivity contribution in [1.29, 1.82) is 5.41 Å². The van der Waals surface area contributed by atoms with Crippen LogP contribution in [0, 0.1) is 5.41 Å². The molecule has 3 aromatic rings. The van der Waals surface area contributed by atoms with Crippen LogP contribution in [0.4, 0.5) is 0 Å². The van der Waals surface area contributed by atoms with Gasteiger partial charge >= 0.3 is 0 Å². The lowest BCUT2D eigenvalue weighted by Crippen LogP contribution is -2.33. The molecule has 2 aromatic carbocycles. The molecule has 124 valence electrons. The first kappa shape index (κ1) is 16.7. The van der Waals surface area contributed by atoms with Crippen LogP contribution in [0.1, 0.15) is 10.4 Å². The molecule has 0 aliphatic carbocycles. The summed E-state index contributed by atoms with van der Waals surface area (Å²) in [7, 11) is 0. The molecule has 0 atom stereocenters. The minimum atomic E-state index is -0.390. The van der Waals surface area contributed by atoms with Crippen molar-refractivity contribution in [2.75, 3.05) is 0 Å². The first-order valence-corrected chi connectivity index (χ1v) is 8.20. The van der Waals surface area contributed by atoms with Crippen LogP contribution in [0.2, 0.25) is 0 Å². The molecule has 3 rings (SSSR count). The predicted octanol–water partition coefficient (Wildman–Crippen LogP) is 3.37. The Morgan fingerprint density at radius 1 is 0.960 bits per heavy atom. The number of nitrogens with zero attached hydrogens (tertiary/aromatic N) is 2. The van der Waals surface area contributed by atoms with Crippen LogP contribution in [-0.4, -0.2) is 21.9 Å². The molecule has 1 heterocycles. The van der Waals surface area contributed by atoms with Gasteiger partial charge in [-0.2, -0.15) is 0 Å². The molecule has 7 heteroatoms. The van der Waals surface area contributed by atoms with Crippen molar-refractivity contribution in [3.05, 3.63) is 78.6 Å². The number of rotatable bonds is 4. The average Bonchev–Trinajstić information content (AvgIpc) is 2.65. The topological polar surface area (TPSA) is 88.0 Å². The number of aromatic nitrogens is 2. The molecule has 0 spiro atoms. The van der Waals surface area contributed by atoms with Gasteiger partial charge in [-0.25, -0.2) is 9.97 Å². The molecule has 0 aliphatic heterocycles. The monoisotopic (exact) mass is 350 g/mol. The van der Waals surface area contributed by atoms with Crippen molar-refractivity contribution in [3.63, 3.8) is 0 Å². The maximum absolute atomic E-state index is 12.0. The molecule has 2 N–H and O–H groups in total. The summed E-state index contributed by atoms with van der Waals surface area (Å²) in [6, 6.07) is 17.2. The van der Waals surface area contributed by atoms with Crippen molar-refractivity contribution in [2.45, 2.75) is 10.1 Å². The summed E-state index contributed by atoms with van der Waals surface area (Å²) in [6.45, 7) is 0. The summed E-state index contributed by atoms with van der Waals surface area (Å²) < 4.78 is 5.32. The smallest absolute Gasteiger partial charge is 0.294 e. The zero-order valence-corrected chi connectivity index (χ0v) is 13.9. The summed E-state index contributed by atoms with van der Waals surface area (Å²) in [6.07, 6.45) is 3.37. The maximum Gasteiger partial charge on any atom is 0.294 e. The number of amides is 1.